The molecule has 0 aliphatic carbocycles. The lowest BCUT2D eigenvalue weighted by Gasteiger charge is -2.12. The molecule has 0 radical (unpaired) electrons. The zero-order valence-corrected chi connectivity index (χ0v) is 15.1. The number of rotatable bonds is 6. The summed E-state index contributed by atoms with van der Waals surface area (Å²) in [7, 11) is 0.576. The fourth-order valence-electron chi connectivity index (χ4n) is 1.80. The summed E-state index contributed by atoms with van der Waals surface area (Å²) in [4.78, 5) is 2.03. The van der Waals surface area contributed by atoms with Gasteiger partial charge in [-0.2, -0.15) is 0 Å². The van der Waals surface area contributed by atoms with E-state index < -0.39 is 10.0 Å². The summed E-state index contributed by atoms with van der Waals surface area (Å²) in [6.07, 6.45) is 0.666. The van der Waals surface area contributed by atoms with Gasteiger partial charge in [0.25, 0.3) is 0 Å². The van der Waals surface area contributed by atoms with E-state index in [0.717, 1.165) is 15.0 Å². The summed E-state index contributed by atoms with van der Waals surface area (Å²) in [6.45, 7) is 0.388. The first-order chi connectivity index (χ1) is 9.88. The molecule has 0 saturated carbocycles. The van der Waals surface area contributed by atoms with Crippen LogP contribution in [-0.2, 0) is 16.4 Å². The number of nitrogens with zero attached hydrogens (tertiary/aromatic N) is 1. The first-order valence-electron chi connectivity index (χ1n) is 6.40. The van der Waals surface area contributed by atoms with Crippen LogP contribution in [0.5, 0.6) is 0 Å². The summed E-state index contributed by atoms with van der Waals surface area (Å²) >= 11 is 4.48. The topological polar surface area (TPSA) is 49.4 Å². The van der Waals surface area contributed by atoms with E-state index in [9.17, 15) is 8.42 Å². The first kappa shape index (κ1) is 16.5. The van der Waals surface area contributed by atoms with Gasteiger partial charge in [0.2, 0.25) is 10.0 Å². The molecule has 0 spiro atoms. The third-order valence-corrected chi connectivity index (χ3v) is 6.55. The fourth-order valence-corrected chi connectivity index (χ4v) is 4.89. The Morgan fingerprint density at radius 2 is 1.81 bits per heavy atom. The zero-order chi connectivity index (χ0) is 15.5. The molecule has 0 saturated heterocycles. The van der Waals surface area contributed by atoms with Crippen molar-refractivity contribution in [1.82, 2.24) is 4.72 Å². The zero-order valence-electron chi connectivity index (χ0n) is 11.8. The first-order valence-corrected chi connectivity index (χ1v) is 9.49. The van der Waals surface area contributed by atoms with Gasteiger partial charge in [-0.25, -0.2) is 13.1 Å². The molecule has 0 atom stereocenters. The molecule has 21 heavy (non-hydrogen) atoms. The average Bonchev–Trinajstić information content (AvgIpc) is 2.87. The maximum Gasteiger partial charge on any atom is 0.250 e. The maximum absolute atomic E-state index is 12.1. The van der Waals surface area contributed by atoms with Gasteiger partial charge < -0.3 is 4.90 Å². The molecular formula is C14H17BrN2O2S2. The highest BCUT2D eigenvalue weighted by Gasteiger charge is 2.15. The quantitative estimate of drug-likeness (QED) is 0.826. The van der Waals surface area contributed by atoms with Crippen LogP contribution in [0.3, 0.4) is 0 Å². The van der Waals surface area contributed by atoms with E-state index in [0.29, 0.717) is 17.2 Å². The molecule has 7 heteroatoms. The van der Waals surface area contributed by atoms with Gasteiger partial charge in [0.1, 0.15) is 4.21 Å². The van der Waals surface area contributed by atoms with Crippen molar-refractivity contribution in [3.8, 4) is 0 Å². The van der Waals surface area contributed by atoms with E-state index >= 15 is 0 Å². The van der Waals surface area contributed by atoms with E-state index in [-0.39, 0.29) is 0 Å². The molecule has 0 bridgehead atoms. The molecule has 114 valence electrons. The van der Waals surface area contributed by atoms with Crippen molar-refractivity contribution in [2.24, 2.45) is 0 Å². The van der Waals surface area contributed by atoms with Gasteiger partial charge in [0.15, 0.2) is 0 Å². The monoisotopic (exact) mass is 388 g/mol. The summed E-state index contributed by atoms with van der Waals surface area (Å²) in [5.74, 6) is 0. The standard InChI is InChI=1S/C14H17BrN2O2S2/c1-17(2)12-5-3-11(4-6-12)9-10-16-21(18,19)14-8-7-13(15)20-14/h3-8,16H,9-10H2,1-2H3. The molecular weight excluding hydrogens is 372 g/mol. The molecule has 4 nitrogen and oxygen atoms in total. The van der Waals surface area contributed by atoms with E-state index in [1.807, 2.05) is 43.3 Å². The molecule has 0 aliphatic rings. The molecule has 0 fully saturated rings. The summed E-state index contributed by atoms with van der Waals surface area (Å²) in [5.41, 5.74) is 2.23. The minimum absolute atomic E-state index is 0.331. The second-order valence-corrected chi connectivity index (χ2v) is 9.22. The van der Waals surface area contributed by atoms with Crippen molar-refractivity contribution in [3.63, 3.8) is 0 Å². The highest BCUT2D eigenvalue weighted by atomic mass is 79.9. The Hall–Kier alpha value is -0.890. The second-order valence-electron chi connectivity index (χ2n) is 4.77. The third-order valence-electron chi connectivity index (χ3n) is 2.97. The lowest BCUT2D eigenvalue weighted by atomic mass is 10.1. The Balaban J connectivity index is 1.92. The van der Waals surface area contributed by atoms with Crippen molar-refractivity contribution >= 4 is 43.0 Å². The van der Waals surface area contributed by atoms with Gasteiger partial charge in [0.05, 0.1) is 3.79 Å². The molecule has 0 amide bonds. The number of halogens is 1. The smallest absolute Gasteiger partial charge is 0.250 e. The number of sulfonamides is 1. The van der Waals surface area contributed by atoms with Crippen LogP contribution < -0.4 is 9.62 Å². The molecule has 1 aromatic carbocycles. The van der Waals surface area contributed by atoms with Gasteiger partial charge >= 0.3 is 0 Å². The summed E-state index contributed by atoms with van der Waals surface area (Å²) in [5, 5.41) is 0. The maximum atomic E-state index is 12.1. The largest absolute Gasteiger partial charge is 0.378 e. The minimum Gasteiger partial charge on any atom is -0.378 e. The highest BCUT2D eigenvalue weighted by Crippen LogP contribution is 2.25. The van der Waals surface area contributed by atoms with E-state index in [4.69, 9.17) is 0 Å². The van der Waals surface area contributed by atoms with Crippen LogP contribution >= 0.6 is 27.3 Å². The lowest BCUT2D eigenvalue weighted by Crippen LogP contribution is -2.25. The van der Waals surface area contributed by atoms with E-state index in [2.05, 4.69) is 20.7 Å². The Morgan fingerprint density at radius 1 is 1.14 bits per heavy atom. The molecule has 0 aliphatic heterocycles. The van der Waals surface area contributed by atoms with Crippen LogP contribution in [-0.4, -0.2) is 29.1 Å². The van der Waals surface area contributed by atoms with Crippen molar-refractivity contribution in [2.45, 2.75) is 10.6 Å². The van der Waals surface area contributed by atoms with Crippen molar-refractivity contribution in [3.05, 3.63) is 45.7 Å². The van der Waals surface area contributed by atoms with Crippen LogP contribution in [0.2, 0.25) is 0 Å². The van der Waals surface area contributed by atoms with Crippen molar-refractivity contribution in [2.75, 3.05) is 25.5 Å². The number of nitrogens with one attached hydrogen (secondary N) is 1. The van der Waals surface area contributed by atoms with Crippen LogP contribution in [0.25, 0.3) is 0 Å². The Bertz CT molecular complexity index is 694. The number of anilines is 1. The van der Waals surface area contributed by atoms with Gasteiger partial charge in [0, 0.05) is 26.3 Å². The van der Waals surface area contributed by atoms with Crippen LogP contribution in [0.15, 0.2) is 44.4 Å². The van der Waals surface area contributed by atoms with Crippen LogP contribution in [0, 0.1) is 0 Å². The molecule has 1 N–H and O–H groups in total. The van der Waals surface area contributed by atoms with E-state index in [1.165, 1.54) is 11.3 Å². The molecule has 0 unspecified atom stereocenters. The Morgan fingerprint density at radius 3 is 2.33 bits per heavy atom. The summed E-state index contributed by atoms with van der Waals surface area (Å²) in [6, 6.07) is 11.4. The molecule has 2 rings (SSSR count). The number of hydrogen-bond donors (Lipinski definition) is 1. The molecule has 1 heterocycles. The number of hydrogen-bond acceptors (Lipinski definition) is 4. The fraction of sp³-hybridized carbons (Fsp3) is 0.286. The van der Waals surface area contributed by atoms with Gasteiger partial charge in [-0.3, -0.25) is 0 Å². The number of thiophene rings is 1. The van der Waals surface area contributed by atoms with Gasteiger partial charge in [-0.15, -0.1) is 11.3 Å². The van der Waals surface area contributed by atoms with E-state index in [1.54, 1.807) is 12.1 Å². The van der Waals surface area contributed by atoms with Crippen molar-refractivity contribution in [1.29, 1.82) is 0 Å². The predicted molar refractivity (Wildman–Crippen MR) is 91.7 cm³/mol. The Labute approximate surface area is 138 Å². The minimum atomic E-state index is -3.40. The normalized spacial score (nSPS) is 11.6. The third kappa shape index (κ3) is 4.54. The average molecular weight is 389 g/mol. The highest BCUT2D eigenvalue weighted by molar-refractivity contribution is 9.11. The van der Waals surface area contributed by atoms with Gasteiger partial charge in [-0.05, 0) is 52.2 Å². The second kappa shape index (κ2) is 6.91. The Kier molecular flexibility index (Phi) is 5.43. The van der Waals surface area contributed by atoms with Crippen LogP contribution in [0.1, 0.15) is 5.56 Å². The lowest BCUT2D eigenvalue weighted by molar-refractivity contribution is 0.584. The number of benzene rings is 1. The van der Waals surface area contributed by atoms with Crippen molar-refractivity contribution < 1.29 is 8.42 Å². The molecule has 1 aromatic heterocycles. The predicted octanol–water partition coefficient (Wildman–Crippen LogP) is 3.10. The SMILES string of the molecule is CN(C)c1ccc(CCNS(=O)(=O)c2ccc(Br)s2)cc1. The van der Waals surface area contributed by atoms with Gasteiger partial charge in [-0.1, -0.05) is 12.1 Å². The van der Waals surface area contributed by atoms with Crippen LogP contribution in [0.4, 0.5) is 5.69 Å². The molecule has 2 aromatic rings. The summed E-state index contributed by atoms with van der Waals surface area (Å²) < 4.78 is 27.9.